The first kappa shape index (κ1) is 10.3. The predicted molar refractivity (Wildman–Crippen MR) is 50.5 cm³/mol. The summed E-state index contributed by atoms with van der Waals surface area (Å²) in [6.07, 6.45) is 0. The number of alkyl halides is 2. The fourth-order valence-corrected chi connectivity index (χ4v) is 1.34. The van der Waals surface area contributed by atoms with E-state index >= 15 is 0 Å². The Kier molecular flexibility index (Phi) is 3.54. The van der Waals surface area contributed by atoms with Crippen LogP contribution in [0.2, 0.25) is 0 Å². The van der Waals surface area contributed by atoms with E-state index in [1.165, 1.54) is 0 Å². The zero-order chi connectivity index (χ0) is 9.84. The van der Waals surface area contributed by atoms with Crippen molar-refractivity contribution in [3.63, 3.8) is 0 Å². The van der Waals surface area contributed by atoms with E-state index in [0.717, 1.165) is 0 Å². The predicted octanol–water partition coefficient (Wildman–Crippen LogP) is 3.03. The molecule has 1 aromatic carbocycles. The van der Waals surface area contributed by atoms with Gasteiger partial charge in [-0.3, -0.25) is 0 Å². The third kappa shape index (κ3) is 2.59. The number of hydrogen-bond donors (Lipinski definition) is 1. The SMILES string of the molecule is Cc1cccc(CS)c1OC(F)F. The highest BCUT2D eigenvalue weighted by atomic mass is 32.1. The Hall–Kier alpha value is -0.770. The number of halogens is 2. The Labute approximate surface area is 81.1 Å². The standard InChI is InChI=1S/C9H10F2OS/c1-6-3-2-4-7(5-13)8(6)12-9(10)11/h2-4,9,13H,5H2,1H3. The second kappa shape index (κ2) is 4.46. The van der Waals surface area contributed by atoms with Crippen molar-refractivity contribution in [3.8, 4) is 5.75 Å². The molecule has 72 valence electrons. The highest BCUT2D eigenvalue weighted by molar-refractivity contribution is 7.79. The summed E-state index contributed by atoms with van der Waals surface area (Å²) in [7, 11) is 0. The maximum absolute atomic E-state index is 12.0. The highest BCUT2D eigenvalue weighted by Crippen LogP contribution is 2.26. The van der Waals surface area contributed by atoms with Gasteiger partial charge in [0.2, 0.25) is 0 Å². The monoisotopic (exact) mass is 204 g/mol. The Morgan fingerprint density at radius 2 is 2.15 bits per heavy atom. The van der Waals surface area contributed by atoms with Gasteiger partial charge in [0.1, 0.15) is 5.75 Å². The van der Waals surface area contributed by atoms with Gasteiger partial charge in [-0.05, 0) is 12.5 Å². The molecule has 0 N–H and O–H groups in total. The average Bonchev–Trinajstić information content (AvgIpc) is 2.08. The molecule has 1 rings (SSSR count). The van der Waals surface area contributed by atoms with Crippen molar-refractivity contribution < 1.29 is 13.5 Å². The van der Waals surface area contributed by atoms with Gasteiger partial charge in [0.25, 0.3) is 0 Å². The molecule has 0 spiro atoms. The Morgan fingerprint density at radius 3 is 2.69 bits per heavy atom. The molecule has 0 aromatic heterocycles. The minimum absolute atomic E-state index is 0.243. The van der Waals surface area contributed by atoms with Gasteiger partial charge < -0.3 is 4.74 Å². The van der Waals surface area contributed by atoms with Crippen LogP contribution in [0, 0.1) is 6.92 Å². The molecule has 1 nitrogen and oxygen atoms in total. The van der Waals surface area contributed by atoms with Gasteiger partial charge in [-0.1, -0.05) is 18.2 Å². The molecule has 0 saturated carbocycles. The summed E-state index contributed by atoms with van der Waals surface area (Å²) < 4.78 is 28.3. The molecule has 0 bridgehead atoms. The number of para-hydroxylation sites is 1. The first-order valence-corrected chi connectivity index (χ1v) is 4.42. The van der Waals surface area contributed by atoms with Crippen LogP contribution in [0.25, 0.3) is 0 Å². The average molecular weight is 204 g/mol. The zero-order valence-electron chi connectivity index (χ0n) is 7.13. The van der Waals surface area contributed by atoms with E-state index in [-0.39, 0.29) is 5.75 Å². The molecule has 0 aliphatic rings. The van der Waals surface area contributed by atoms with Gasteiger partial charge in [-0.25, -0.2) is 0 Å². The lowest BCUT2D eigenvalue weighted by atomic mass is 10.1. The van der Waals surface area contributed by atoms with Gasteiger partial charge in [0, 0.05) is 11.3 Å². The van der Waals surface area contributed by atoms with Crippen LogP contribution in [0.4, 0.5) is 8.78 Å². The minimum Gasteiger partial charge on any atom is -0.434 e. The van der Waals surface area contributed by atoms with Gasteiger partial charge in [0.05, 0.1) is 0 Å². The number of rotatable bonds is 3. The van der Waals surface area contributed by atoms with Crippen LogP contribution in [0.5, 0.6) is 5.75 Å². The minimum atomic E-state index is -2.78. The van der Waals surface area contributed by atoms with Crippen LogP contribution < -0.4 is 4.74 Å². The Bertz CT molecular complexity index is 289. The van der Waals surface area contributed by atoms with Crippen LogP contribution in [0.1, 0.15) is 11.1 Å². The maximum atomic E-state index is 12.0. The van der Waals surface area contributed by atoms with E-state index in [1.807, 2.05) is 0 Å². The van der Waals surface area contributed by atoms with E-state index in [1.54, 1.807) is 25.1 Å². The normalized spacial score (nSPS) is 10.5. The van der Waals surface area contributed by atoms with Crippen LogP contribution in [0.3, 0.4) is 0 Å². The summed E-state index contributed by atoms with van der Waals surface area (Å²) in [4.78, 5) is 0. The summed E-state index contributed by atoms with van der Waals surface area (Å²) in [5, 5.41) is 0. The molecule has 0 aliphatic heterocycles. The number of hydrogen-bond acceptors (Lipinski definition) is 2. The van der Waals surface area contributed by atoms with Gasteiger partial charge in [-0.15, -0.1) is 0 Å². The summed E-state index contributed by atoms with van der Waals surface area (Å²) in [6, 6.07) is 5.24. The molecule has 0 atom stereocenters. The summed E-state index contributed by atoms with van der Waals surface area (Å²) >= 11 is 4.02. The van der Waals surface area contributed by atoms with Crippen molar-refractivity contribution in [1.29, 1.82) is 0 Å². The third-order valence-electron chi connectivity index (χ3n) is 1.67. The van der Waals surface area contributed by atoms with Crippen molar-refractivity contribution in [2.45, 2.75) is 19.3 Å². The third-order valence-corrected chi connectivity index (χ3v) is 2.01. The lowest BCUT2D eigenvalue weighted by Crippen LogP contribution is -2.05. The van der Waals surface area contributed by atoms with Gasteiger partial charge >= 0.3 is 6.61 Å². The summed E-state index contributed by atoms with van der Waals surface area (Å²) in [5.41, 5.74) is 1.38. The Balaban J connectivity index is 3.00. The Morgan fingerprint density at radius 1 is 1.46 bits per heavy atom. The van der Waals surface area contributed by atoms with Crippen molar-refractivity contribution in [2.75, 3.05) is 0 Å². The molecule has 4 heteroatoms. The van der Waals surface area contributed by atoms with Gasteiger partial charge in [0.15, 0.2) is 0 Å². The molecule has 0 unspecified atom stereocenters. The molecule has 0 fully saturated rings. The summed E-state index contributed by atoms with van der Waals surface area (Å²) in [5.74, 6) is 0.636. The first-order chi connectivity index (χ1) is 6.15. The van der Waals surface area contributed by atoms with Crippen molar-refractivity contribution in [3.05, 3.63) is 29.3 Å². The van der Waals surface area contributed by atoms with E-state index < -0.39 is 6.61 Å². The van der Waals surface area contributed by atoms with Crippen LogP contribution >= 0.6 is 12.6 Å². The zero-order valence-corrected chi connectivity index (χ0v) is 8.02. The van der Waals surface area contributed by atoms with E-state index in [4.69, 9.17) is 0 Å². The lowest BCUT2D eigenvalue weighted by Gasteiger charge is -2.11. The number of ether oxygens (including phenoxy) is 1. The quantitative estimate of drug-likeness (QED) is 0.744. The maximum Gasteiger partial charge on any atom is 0.387 e. The topological polar surface area (TPSA) is 9.23 Å². The highest BCUT2D eigenvalue weighted by Gasteiger charge is 2.10. The molecular weight excluding hydrogens is 194 g/mol. The number of thiol groups is 1. The second-order valence-corrected chi connectivity index (χ2v) is 2.92. The molecule has 0 amide bonds. The van der Waals surface area contributed by atoms with Crippen LogP contribution in [-0.4, -0.2) is 6.61 Å². The van der Waals surface area contributed by atoms with E-state index in [9.17, 15) is 8.78 Å². The molecular formula is C9H10F2OS. The smallest absolute Gasteiger partial charge is 0.387 e. The van der Waals surface area contributed by atoms with Crippen LogP contribution in [0.15, 0.2) is 18.2 Å². The lowest BCUT2D eigenvalue weighted by molar-refractivity contribution is -0.0507. The number of aryl methyl sites for hydroxylation is 1. The van der Waals surface area contributed by atoms with Crippen LogP contribution in [-0.2, 0) is 5.75 Å². The fourth-order valence-electron chi connectivity index (χ4n) is 1.10. The fraction of sp³-hybridized carbons (Fsp3) is 0.333. The van der Waals surface area contributed by atoms with Crippen molar-refractivity contribution in [1.82, 2.24) is 0 Å². The van der Waals surface area contributed by atoms with Crippen molar-refractivity contribution >= 4 is 12.6 Å². The summed E-state index contributed by atoms with van der Waals surface area (Å²) in [6.45, 7) is -1.05. The molecule has 0 radical (unpaired) electrons. The van der Waals surface area contributed by atoms with Crippen molar-refractivity contribution in [2.24, 2.45) is 0 Å². The second-order valence-electron chi connectivity index (χ2n) is 2.60. The molecule has 1 aromatic rings. The number of benzene rings is 1. The largest absolute Gasteiger partial charge is 0.434 e. The molecule has 0 aliphatic carbocycles. The molecule has 0 heterocycles. The van der Waals surface area contributed by atoms with Gasteiger partial charge in [-0.2, -0.15) is 21.4 Å². The molecule has 0 saturated heterocycles. The van der Waals surface area contributed by atoms with E-state index in [0.29, 0.717) is 16.9 Å². The first-order valence-electron chi connectivity index (χ1n) is 3.79. The van der Waals surface area contributed by atoms with E-state index in [2.05, 4.69) is 17.4 Å². The molecule has 13 heavy (non-hydrogen) atoms.